The van der Waals surface area contributed by atoms with Crippen LogP contribution in [0.1, 0.15) is 42.4 Å². The Bertz CT molecular complexity index is 1070. The van der Waals surface area contributed by atoms with Crippen molar-refractivity contribution in [2.24, 2.45) is 10.9 Å². The Balaban J connectivity index is 1.50. The number of rotatable bonds is 7. The highest BCUT2D eigenvalue weighted by atomic mass is 16.5. The molecule has 1 aromatic heterocycles. The van der Waals surface area contributed by atoms with Gasteiger partial charge in [-0.2, -0.15) is 0 Å². The van der Waals surface area contributed by atoms with Gasteiger partial charge in [0.15, 0.2) is 5.78 Å². The average Bonchev–Trinajstić information content (AvgIpc) is 3.35. The molecule has 1 saturated heterocycles. The van der Waals surface area contributed by atoms with Gasteiger partial charge < -0.3 is 19.2 Å². The van der Waals surface area contributed by atoms with Gasteiger partial charge >= 0.3 is 6.01 Å². The molecule has 1 aromatic carbocycles. The minimum absolute atomic E-state index is 0.0494. The van der Waals surface area contributed by atoms with Gasteiger partial charge in [-0.3, -0.25) is 15.1 Å². The molecule has 1 aliphatic heterocycles. The van der Waals surface area contributed by atoms with Crippen LogP contribution in [0.4, 0.5) is 6.01 Å². The molecule has 2 N–H and O–H groups in total. The molecule has 9 heteroatoms. The number of nitrogens with one attached hydrogen (secondary N) is 1. The van der Waals surface area contributed by atoms with Crippen LogP contribution in [-0.4, -0.2) is 71.4 Å². The first-order valence-electron chi connectivity index (χ1n) is 11.7. The van der Waals surface area contributed by atoms with E-state index >= 15 is 0 Å². The summed E-state index contributed by atoms with van der Waals surface area (Å²) < 4.78 is 11.3. The zero-order chi connectivity index (χ0) is 23.9. The van der Waals surface area contributed by atoms with Gasteiger partial charge in [-0.1, -0.05) is 54.5 Å². The molecule has 2 aliphatic rings. The first-order valence-corrected chi connectivity index (χ1v) is 11.7. The second-order valence-corrected chi connectivity index (χ2v) is 8.53. The number of hydrogen-bond acceptors (Lipinski definition) is 7. The number of anilines is 1. The number of benzene rings is 1. The minimum Gasteiger partial charge on any atom is -0.407 e. The normalized spacial score (nSPS) is 19.9. The highest BCUT2D eigenvalue weighted by Crippen LogP contribution is 2.33. The maximum atomic E-state index is 13.0. The Labute approximate surface area is 199 Å². The number of allylic oxidation sites excluding steroid dienone is 4. The zero-order valence-corrected chi connectivity index (χ0v) is 19.6. The van der Waals surface area contributed by atoms with E-state index in [9.17, 15) is 9.90 Å². The summed E-state index contributed by atoms with van der Waals surface area (Å²) in [6.07, 6.45) is 4.82. The molecule has 2 heterocycles. The third-order valence-corrected chi connectivity index (χ3v) is 5.89. The molecule has 180 valence electrons. The topological polar surface area (TPSA) is 113 Å². The van der Waals surface area contributed by atoms with Crippen LogP contribution in [0, 0.1) is 5.92 Å². The molecule has 4 rings (SSSR count). The molecular formula is C25H31N5O4. The van der Waals surface area contributed by atoms with Crippen molar-refractivity contribution in [3.05, 3.63) is 65.1 Å². The summed E-state index contributed by atoms with van der Waals surface area (Å²) >= 11 is 0. The summed E-state index contributed by atoms with van der Waals surface area (Å²) in [5.41, 5.74) is 2.46. The van der Waals surface area contributed by atoms with Crippen molar-refractivity contribution in [3.8, 4) is 0 Å². The molecule has 0 amide bonds. The third kappa shape index (κ3) is 5.78. The maximum Gasteiger partial charge on any atom is 0.322 e. The SMILES string of the molecule is CC1C=C(C(C)c2nnc(NC(=NCCO)N3CCOCC3)o2)C=C(C(=O)c2ccccc2)C1. The summed E-state index contributed by atoms with van der Waals surface area (Å²) in [6, 6.07) is 9.58. The number of carbonyl (C=O) groups is 1. The van der Waals surface area contributed by atoms with Crippen molar-refractivity contribution in [1.82, 2.24) is 15.1 Å². The Kier molecular flexibility index (Phi) is 7.87. The number of ether oxygens (including phenoxy) is 1. The monoisotopic (exact) mass is 465 g/mol. The second kappa shape index (κ2) is 11.2. The minimum atomic E-state index is -0.175. The Morgan fingerprint density at radius 1 is 1.26 bits per heavy atom. The number of ketones is 1. The molecule has 0 saturated carbocycles. The lowest BCUT2D eigenvalue weighted by Crippen LogP contribution is -2.44. The van der Waals surface area contributed by atoms with E-state index in [1.165, 1.54) is 0 Å². The van der Waals surface area contributed by atoms with Crippen molar-refractivity contribution in [2.45, 2.75) is 26.2 Å². The smallest absolute Gasteiger partial charge is 0.322 e. The lowest BCUT2D eigenvalue weighted by molar-refractivity contribution is 0.0678. The van der Waals surface area contributed by atoms with E-state index in [1.54, 1.807) is 0 Å². The summed E-state index contributed by atoms with van der Waals surface area (Å²) in [6.45, 7) is 6.89. The Morgan fingerprint density at radius 3 is 2.76 bits per heavy atom. The number of morpholine rings is 1. The van der Waals surface area contributed by atoms with Crippen LogP contribution in [0.2, 0.25) is 0 Å². The highest BCUT2D eigenvalue weighted by Gasteiger charge is 2.25. The molecule has 1 fully saturated rings. The molecule has 1 aliphatic carbocycles. The van der Waals surface area contributed by atoms with Gasteiger partial charge in [0.1, 0.15) is 0 Å². The number of carbonyl (C=O) groups excluding carboxylic acids is 1. The number of aliphatic hydroxyl groups is 1. The number of aliphatic imine (C=N–C) groups is 1. The fourth-order valence-electron chi connectivity index (χ4n) is 4.09. The van der Waals surface area contributed by atoms with Crippen LogP contribution in [0.3, 0.4) is 0 Å². The highest BCUT2D eigenvalue weighted by molar-refractivity contribution is 6.09. The molecule has 2 atom stereocenters. The largest absolute Gasteiger partial charge is 0.407 e. The standard InChI is InChI=1S/C25H31N5O4/c1-17-14-20(16-21(15-17)22(32)19-6-4-3-5-7-19)18(2)23-28-29-25(34-23)27-24(26-8-11-31)30-9-12-33-13-10-30/h3-7,14,16-18,31H,8-13,15H2,1-2H3,(H,26,27,29). The zero-order valence-electron chi connectivity index (χ0n) is 19.6. The molecule has 2 aromatic rings. The van der Waals surface area contributed by atoms with Crippen molar-refractivity contribution < 1.29 is 19.1 Å². The van der Waals surface area contributed by atoms with Crippen LogP contribution in [0.25, 0.3) is 0 Å². The third-order valence-electron chi connectivity index (χ3n) is 5.89. The number of aliphatic hydroxyl groups excluding tert-OH is 1. The molecule has 2 unspecified atom stereocenters. The number of aromatic nitrogens is 2. The lowest BCUT2D eigenvalue weighted by Gasteiger charge is -2.29. The molecular weight excluding hydrogens is 434 g/mol. The number of hydrogen-bond donors (Lipinski definition) is 2. The van der Waals surface area contributed by atoms with E-state index in [-0.39, 0.29) is 36.8 Å². The molecule has 9 nitrogen and oxygen atoms in total. The van der Waals surface area contributed by atoms with Crippen molar-refractivity contribution >= 4 is 17.8 Å². The summed E-state index contributed by atoms with van der Waals surface area (Å²) in [5.74, 6) is 1.12. The van der Waals surface area contributed by atoms with E-state index in [1.807, 2.05) is 48.2 Å². The van der Waals surface area contributed by atoms with Crippen LogP contribution in [0.15, 0.2) is 63.0 Å². The molecule has 0 bridgehead atoms. The maximum absolute atomic E-state index is 13.0. The van der Waals surface area contributed by atoms with Gasteiger partial charge in [0.2, 0.25) is 11.9 Å². The van der Waals surface area contributed by atoms with Crippen LogP contribution in [-0.2, 0) is 4.74 Å². The van der Waals surface area contributed by atoms with E-state index < -0.39 is 0 Å². The Morgan fingerprint density at radius 2 is 2.03 bits per heavy atom. The van der Waals surface area contributed by atoms with E-state index in [0.29, 0.717) is 50.1 Å². The first kappa shape index (κ1) is 23.8. The predicted molar refractivity (Wildman–Crippen MR) is 129 cm³/mol. The van der Waals surface area contributed by atoms with Crippen molar-refractivity contribution in [2.75, 3.05) is 44.8 Å². The van der Waals surface area contributed by atoms with Crippen LogP contribution >= 0.6 is 0 Å². The number of guanidine groups is 1. The van der Waals surface area contributed by atoms with Crippen molar-refractivity contribution in [1.29, 1.82) is 0 Å². The molecule has 0 spiro atoms. The average molecular weight is 466 g/mol. The number of nitrogens with zero attached hydrogens (tertiary/aromatic N) is 4. The van der Waals surface area contributed by atoms with Crippen LogP contribution < -0.4 is 5.32 Å². The summed E-state index contributed by atoms with van der Waals surface area (Å²) in [4.78, 5) is 19.5. The van der Waals surface area contributed by atoms with Gasteiger partial charge in [0.05, 0.1) is 32.3 Å². The van der Waals surface area contributed by atoms with E-state index in [0.717, 1.165) is 11.1 Å². The van der Waals surface area contributed by atoms with Crippen LogP contribution in [0.5, 0.6) is 0 Å². The quantitative estimate of drug-likeness (QED) is 0.364. The molecule has 34 heavy (non-hydrogen) atoms. The van der Waals surface area contributed by atoms with E-state index in [4.69, 9.17) is 9.15 Å². The summed E-state index contributed by atoms with van der Waals surface area (Å²) in [5, 5.41) is 20.7. The Hall–Kier alpha value is -3.30. The van der Waals surface area contributed by atoms with Crippen molar-refractivity contribution in [3.63, 3.8) is 0 Å². The molecule has 0 radical (unpaired) electrons. The second-order valence-electron chi connectivity index (χ2n) is 8.53. The number of Topliss-reactive ketones (excluding diaryl/α,β-unsaturated/α-hetero) is 1. The first-order chi connectivity index (χ1) is 16.5. The fourth-order valence-corrected chi connectivity index (χ4v) is 4.09. The van der Waals surface area contributed by atoms with E-state index in [2.05, 4.69) is 33.5 Å². The lowest BCUT2D eigenvalue weighted by atomic mass is 9.84. The van der Waals surface area contributed by atoms with Gasteiger partial charge in [-0.25, -0.2) is 0 Å². The fraction of sp³-hybridized carbons (Fsp3) is 0.440. The van der Waals surface area contributed by atoms with Gasteiger partial charge in [0, 0.05) is 24.2 Å². The van der Waals surface area contributed by atoms with Gasteiger partial charge in [-0.15, -0.1) is 5.10 Å². The van der Waals surface area contributed by atoms with Gasteiger partial charge in [0.25, 0.3) is 0 Å². The summed E-state index contributed by atoms with van der Waals surface area (Å²) in [7, 11) is 0. The predicted octanol–water partition coefficient (Wildman–Crippen LogP) is 3.04. The van der Waals surface area contributed by atoms with Gasteiger partial charge in [-0.05, 0) is 24.8 Å².